The molecule has 1 aromatic rings. The lowest BCUT2D eigenvalue weighted by Crippen LogP contribution is -2.24. The summed E-state index contributed by atoms with van der Waals surface area (Å²) >= 11 is 0. The van der Waals surface area contributed by atoms with E-state index < -0.39 is 29.6 Å². The van der Waals surface area contributed by atoms with Gasteiger partial charge in [0.15, 0.2) is 0 Å². The summed E-state index contributed by atoms with van der Waals surface area (Å²) in [5.41, 5.74) is -2.13. The van der Waals surface area contributed by atoms with Gasteiger partial charge in [0.2, 0.25) is 0 Å². The Morgan fingerprint density at radius 2 is 2.00 bits per heavy atom. The molecule has 94 valence electrons. The smallest absolute Gasteiger partial charge is 0.283 e. The number of rotatable bonds is 2. The molecule has 0 amide bonds. The van der Waals surface area contributed by atoms with E-state index in [1.54, 1.807) is 0 Å². The van der Waals surface area contributed by atoms with Crippen LogP contribution in [0.2, 0.25) is 0 Å². The van der Waals surface area contributed by atoms with Gasteiger partial charge in [-0.15, -0.1) is 0 Å². The molecule has 1 aromatic heterocycles. The van der Waals surface area contributed by atoms with Crippen LogP contribution in [0, 0.1) is 0 Å². The summed E-state index contributed by atoms with van der Waals surface area (Å²) in [6.07, 6.45) is 1.04. The van der Waals surface area contributed by atoms with Gasteiger partial charge in [-0.2, -0.15) is 4.73 Å². The van der Waals surface area contributed by atoms with Crippen molar-refractivity contribution in [3.05, 3.63) is 33.7 Å². The largest absolute Gasteiger partial charge is 0.425 e. The Bertz CT molecular complexity index is 540. The Kier molecular flexibility index (Phi) is 2.75. The standard InChI is InChI=1S/C12H15F2NO2/c13-12(14)9-6-10(15(17)11(16)7-9)8-4-2-1-3-5-8/h6-8,12,17H,1-5H2/i6D,7D. The van der Waals surface area contributed by atoms with E-state index >= 15 is 0 Å². The van der Waals surface area contributed by atoms with Crippen LogP contribution in [-0.2, 0) is 0 Å². The molecule has 1 heterocycles. The minimum Gasteiger partial charge on any atom is -0.425 e. The highest BCUT2D eigenvalue weighted by Crippen LogP contribution is 2.33. The number of nitrogens with zero attached hydrogens (tertiary/aromatic N) is 1. The highest BCUT2D eigenvalue weighted by molar-refractivity contribution is 5.21. The fourth-order valence-electron chi connectivity index (χ4n) is 2.26. The minimum atomic E-state index is -3.06. The fourth-order valence-corrected chi connectivity index (χ4v) is 2.26. The zero-order valence-electron chi connectivity index (χ0n) is 11.2. The van der Waals surface area contributed by atoms with Gasteiger partial charge in [-0.05, 0) is 18.9 Å². The molecular weight excluding hydrogens is 228 g/mol. The van der Waals surface area contributed by atoms with E-state index in [9.17, 15) is 18.8 Å². The molecule has 1 aliphatic rings. The van der Waals surface area contributed by atoms with Crippen LogP contribution in [0.25, 0.3) is 0 Å². The average molecular weight is 245 g/mol. The highest BCUT2D eigenvalue weighted by Gasteiger charge is 2.21. The van der Waals surface area contributed by atoms with Gasteiger partial charge in [-0.1, -0.05) is 19.3 Å². The molecule has 1 saturated carbocycles. The summed E-state index contributed by atoms with van der Waals surface area (Å²) in [6.45, 7) is 0. The molecule has 0 saturated heterocycles. The molecule has 0 radical (unpaired) electrons. The average Bonchev–Trinajstić information content (AvgIpc) is 2.37. The van der Waals surface area contributed by atoms with E-state index in [-0.39, 0.29) is 16.3 Å². The summed E-state index contributed by atoms with van der Waals surface area (Å²) < 4.78 is 41.1. The molecule has 2 rings (SSSR count). The predicted molar refractivity (Wildman–Crippen MR) is 58.7 cm³/mol. The van der Waals surface area contributed by atoms with Gasteiger partial charge in [0.05, 0.1) is 8.44 Å². The Morgan fingerprint density at radius 3 is 2.59 bits per heavy atom. The summed E-state index contributed by atoms with van der Waals surface area (Å²) in [4.78, 5) is 11.6. The molecule has 0 spiro atoms. The van der Waals surface area contributed by atoms with Crippen LogP contribution in [-0.4, -0.2) is 9.94 Å². The fraction of sp³-hybridized carbons (Fsp3) is 0.583. The molecule has 0 aromatic carbocycles. The van der Waals surface area contributed by atoms with Crippen molar-refractivity contribution in [2.75, 3.05) is 0 Å². The molecule has 0 unspecified atom stereocenters. The molecule has 17 heavy (non-hydrogen) atoms. The summed E-state index contributed by atoms with van der Waals surface area (Å²) in [5, 5.41) is 9.74. The number of pyridine rings is 1. The van der Waals surface area contributed by atoms with Crippen molar-refractivity contribution in [2.45, 2.75) is 44.4 Å². The van der Waals surface area contributed by atoms with Crippen molar-refractivity contribution >= 4 is 0 Å². The topological polar surface area (TPSA) is 42.2 Å². The van der Waals surface area contributed by atoms with E-state index in [1.807, 2.05) is 0 Å². The first-order valence-electron chi connectivity index (χ1n) is 6.68. The summed E-state index contributed by atoms with van der Waals surface area (Å²) in [7, 11) is 0. The first-order valence-corrected chi connectivity index (χ1v) is 5.68. The van der Waals surface area contributed by atoms with Crippen molar-refractivity contribution in [1.82, 2.24) is 4.73 Å². The first kappa shape index (κ1) is 9.62. The van der Waals surface area contributed by atoms with Gasteiger partial charge in [-0.25, -0.2) is 8.78 Å². The van der Waals surface area contributed by atoms with Crippen LogP contribution in [0.15, 0.2) is 16.9 Å². The van der Waals surface area contributed by atoms with E-state index in [1.165, 1.54) is 0 Å². The number of hydrogen-bond donors (Lipinski definition) is 1. The Balaban J connectivity index is 2.62. The zero-order chi connectivity index (χ0) is 14.2. The van der Waals surface area contributed by atoms with Crippen molar-refractivity contribution in [2.24, 2.45) is 0 Å². The minimum absolute atomic E-state index is 0.0731. The van der Waals surface area contributed by atoms with Crippen molar-refractivity contribution in [3.63, 3.8) is 0 Å². The lowest BCUT2D eigenvalue weighted by molar-refractivity contribution is 0.140. The van der Waals surface area contributed by atoms with Crippen LogP contribution >= 0.6 is 0 Å². The highest BCUT2D eigenvalue weighted by atomic mass is 19.3. The van der Waals surface area contributed by atoms with Crippen LogP contribution in [0.3, 0.4) is 0 Å². The summed E-state index contributed by atoms with van der Waals surface area (Å²) in [5.74, 6) is -0.267. The molecule has 0 bridgehead atoms. The van der Waals surface area contributed by atoms with Crippen molar-refractivity contribution in [3.8, 4) is 0 Å². The third-order valence-corrected chi connectivity index (χ3v) is 3.13. The Hall–Kier alpha value is -1.39. The van der Waals surface area contributed by atoms with Gasteiger partial charge in [0.1, 0.15) is 0 Å². The third-order valence-electron chi connectivity index (χ3n) is 3.13. The molecule has 1 N–H and O–H groups in total. The number of halogens is 2. The molecule has 5 heteroatoms. The Morgan fingerprint density at radius 1 is 1.35 bits per heavy atom. The van der Waals surface area contributed by atoms with Crippen molar-refractivity contribution in [1.29, 1.82) is 0 Å². The number of hydrogen-bond acceptors (Lipinski definition) is 2. The van der Waals surface area contributed by atoms with Gasteiger partial charge in [-0.3, -0.25) is 4.79 Å². The van der Waals surface area contributed by atoms with Crippen LogP contribution in [0.1, 0.15) is 58.4 Å². The molecule has 1 fully saturated rings. The second kappa shape index (κ2) is 4.85. The molecule has 1 aliphatic carbocycles. The molecular formula is C12H15F2NO2. The lowest BCUT2D eigenvalue weighted by Gasteiger charge is -2.23. The maximum Gasteiger partial charge on any atom is 0.283 e. The van der Waals surface area contributed by atoms with E-state index in [2.05, 4.69) is 0 Å². The first-order chi connectivity index (χ1) is 8.95. The summed E-state index contributed by atoms with van der Waals surface area (Å²) in [6, 6.07) is -1.57. The predicted octanol–water partition coefficient (Wildman–Crippen LogP) is 3.07. The SMILES string of the molecule is [2H]c1c(C(F)F)c([2H])c(=O)n(O)c1C1CCCCC1. The van der Waals surface area contributed by atoms with Gasteiger partial charge >= 0.3 is 0 Å². The second-order valence-electron chi connectivity index (χ2n) is 4.30. The zero-order valence-corrected chi connectivity index (χ0v) is 9.25. The maximum absolute atomic E-state index is 12.9. The van der Waals surface area contributed by atoms with Gasteiger partial charge < -0.3 is 5.21 Å². The van der Waals surface area contributed by atoms with E-state index in [4.69, 9.17) is 2.74 Å². The van der Waals surface area contributed by atoms with Crippen LogP contribution < -0.4 is 5.56 Å². The third kappa shape index (κ3) is 2.48. The Labute approximate surface area is 100 Å². The molecule has 3 nitrogen and oxygen atoms in total. The lowest BCUT2D eigenvalue weighted by atomic mass is 9.86. The van der Waals surface area contributed by atoms with E-state index in [0.717, 1.165) is 19.3 Å². The molecule has 0 aliphatic heterocycles. The molecule has 0 atom stereocenters. The normalized spacial score (nSPS) is 19.2. The van der Waals surface area contributed by atoms with E-state index in [0.29, 0.717) is 12.8 Å². The second-order valence-corrected chi connectivity index (χ2v) is 4.30. The van der Waals surface area contributed by atoms with Crippen LogP contribution in [0.5, 0.6) is 0 Å². The number of alkyl halides is 2. The quantitative estimate of drug-likeness (QED) is 0.813. The maximum atomic E-state index is 12.9. The van der Waals surface area contributed by atoms with Gasteiger partial charge in [0, 0.05) is 17.5 Å². The monoisotopic (exact) mass is 245 g/mol. The van der Waals surface area contributed by atoms with Crippen molar-refractivity contribution < 1.29 is 16.7 Å². The van der Waals surface area contributed by atoms with Gasteiger partial charge in [0.25, 0.3) is 12.0 Å². The number of aromatic nitrogens is 1. The van der Waals surface area contributed by atoms with Crippen LogP contribution in [0.4, 0.5) is 8.78 Å².